The van der Waals surface area contributed by atoms with Crippen LogP contribution in [0.1, 0.15) is 25.0 Å². The lowest BCUT2D eigenvalue weighted by atomic mass is 9.98. The molecular weight excluding hydrogens is 192 g/mol. The van der Waals surface area contributed by atoms with Crippen molar-refractivity contribution in [2.75, 3.05) is 6.61 Å². The van der Waals surface area contributed by atoms with Crippen molar-refractivity contribution in [3.8, 4) is 0 Å². The van der Waals surface area contributed by atoms with Crippen molar-refractivity contribution in [3.05, 3.63) is 35.9 Å². The molecule has 2 N–H and O–H groups in total. The van der Waals surface area contributed by atoms with E-state index >= 15 is 0 Å². The first-order chi connectivity index (χ1) is 7.15. The summed E-state index contributed by atoms with van der Waals surface area (Å²) in [5.74, 6) is 0. The third-order valence-corrected chi connectivity index (χ3v) is 3.04. The fourth-order valence-electron chi connectivity index (χ4n) is 1.92. The lowest BCUT2D eigenvalue weighted by molar-refractivity contribution is -0.0993. The van der Waals surface area contributed by atoms with Gasteiger partial charge in [0.15, 0.2) is 0 Å². The minimum Gasteiger partial charge on any atom is -0.393 e. The molecule has 0 spiro atoms. The molecule has 1 saturated heterocycles. The molecule has 0 aromatic heterocycles. The first-order valence-corrected chi connectivity index (χ1v) is 5.17. The van der Waals surface area contributed by atoms with Gasteiger partial charge in [-0.3, -0.25) is 0 Å². The molecule has 0 saturated carbocycles. The second-order valence-electron chi connectivity index (χ2n) is 4.24. The van der Waals surface area contributed by atoms with E-state index in [1.165, 1.54) is 0 Å². The van der Waals surface area contributed by atoms with Crippen LogP contribution < -0.4 is 0 Å². The fourth-order valence-corrected chi connectivity index (χ4v) is 1.92. The summed E-state index contributed by atoms with van der Waals surface area (Å²) in [7, 11) is 0. The van der Waals surface area contributed by atoms with Gasteiger partial charge in [0.1, 0.15) is 5.60 Å². The number of hydrogen-bond acceptors (Lipinski definition) is 3. The van der Waals surface area contributed by atoms with Gasteiger partial charge in [-0.25, -0.2) is 0 Å². The van der Waals surface area contributed by atoms with Gasteiger partial charge in [-0.05, 0) is 12.5 Å². The molecule has 1 aliphatic heterocycles. The molecule has 3 heteroatoms. The zero-order valence-electron chi connectivity index (χ0n) is 8.76. The predicted molar refractivity (Wildman–Crippen MR) is 56.4 cm³/mol. The van der Waals surface area contributed by atoms with E-state index in [9.17, 15) is 10.2 Å². The van der Waals surface area contributed by atoms with Crippen molar-refractivity contribution in [2.45, 2.75) is 31.2 Å². The monoisotopic (exact) mass is 208 g/mol. The molecule has 0 bridgehead atoms. The molecule has 0 aliphatic carbocycles. The van der Waals surface area contributed by atoms with Crippen LogP contribution >= 0.6 is 0 Å². The van der Waals surface area contributed by atoms with Gasteiger partial charge in [-0.1, -0.05) is 30.3 Å². The second-order valence-corrected chi connectivity index (χ2v) is 4.24. The highest BCUT2D eigenvalue weighted by atomic mass is 16.5. The molecule has 0 radical (unpaired) electrons. The Kier molecular flexibility index (Phi) is 2.78. The van der Waals surface area contributed by atoms with Gasteiger partial charge in [0.25, 0.3) is 0 Å². The summed E-state index contributed by atoms with van der Waals surface area (Å²) in [6.07, 6.45) is -0.174. The van der Waals surface area contributed by atoms with Crippen LogP contribution in [-0.4, -0.2) is 28.5 Å². The summed E-state index contributed by atoms with van der Waals surface area (Å²) >= 11 is 0. The zero-order valence-corrected chi connectivity index (χ0v) is 8.76. The van der Waals surface area contributed by atoms with E-state index in [0.717, 1.165) is 5.56 Å². The van der Waals surface area contributed by atoms with Crippen LogP contribution in [0.5, 0.6) is 0 Å². The molecular formula is C12H16O3. The quantitative estimate of drug-likeness (QED) is 0.769. The van der Waals surface area contributed by atoms with Gasteiger partial charge in [0, 0.05) is 6.42 Å². The van der Waals surface area contributed by atoms with E-state index in [2.05, 4.69) is 0 Å². The van der Waals surface area contributed by atoms with Crippen molar-refractivity contribution in [2.24, 2.45) is 0 Å². The van der Waals surface area contributed by atoms with E-state index in [4.69, 9.17) is 4.74 Å². The van der Waals surface area contributed by atoms with E-state index < -0.39 is 11.7 Å². The number of aliphatic hydroxyl groups is 2. The lowest BCUT2D eigenvalue weighted by Crippen LogP contribution is -2.39. The number of ether oxygens (including phenoxy) is 1. The van der Waals surface area contributed by atoms with Crippen LogP contribution in [0.15, 0.2) is 30.3 Å². The Labute approximate surface area is 89.3 Å². The van der Waals surface area contributed by atoms with Crippen molar-refractivity contribution in [1.82, 2.24) is 0 Å². The second kappa shape index (κ2) is 3.93. The van der Waals surface area contributed by atoms with Crippen molar-refractivity contribution in [3.63, 3.8) is 0 Å². The number of hydrogen-bond donors (Lipinski definition) is 2. The molecule has 1 fully saturated rings. The molecule has 0 amide bonds. The Bertz CT molecular complexity index is 325. The average molecular weight is 208 g/mol. The van der Waals surface area contributed by atoms with Gasteiger partial charge in [0.2, 0.25) is 0 Å². The Morgan fingerprint density at radius 2 is 2.07 bits per heavy atom. The topological polar surface area (TPSA) is 49.7 Å². The summed E-state index contributed by atoms with van der Waals surface area (Å²) in [5.41, 5.74) is 0.231. The molecule has 3 nitrogen and oxygen atoms in total. The molecule has 3 atom stereocenters. The third-order valence-electron chi connectivity index (χ3n) is 3.04. The number of rotatable bonds is 2. The molecule has 1 aromatic rings. The summed E-state index contributed by atoms with van der Waals surface area (Å²) in [6, 6.07) is 9.78. The maximum atomic E-state index is 9.79. The summed E-state index contributed by atoms with van der Waals surface area (Å²) in [5, 5.41) is 19.0. The maximum absolute atomic E-state index is 9.79. The van der Waals surface area contributed by atoms with E-state index in [1.54, 1.807) is 6.92 Å². The smallest absolute Gasteiger partial charge is 0.115 e. The van der Waals surface area contributed by atoms with Gasteiger partial charge in [-0.2, -0.15) is 0 Å². The Balaban J connectivity index is 2.16. The zero-order chi connectivity index (χ0) is 10.9. The Morgan fingerprint density at radius 3 is 2.60 bits per heavy atom. The van der Waals surface area contributed by atoms with Gasteiger partial charge >= 0.3 is 0 Å². The first-order valence-electron chi connectivity index (χ1n) is 5.17. The van der Waals surface area contributed by atoms with E-state index in [1.807, 2.05) is 30.3 Å². The van der Waals surface area contributed by atoms with Crippen molar-refractivity contribution >= 4 is 0 Å². The van der Waals surface area contributed by atoms with Crippen LogP contribution in [-0.2, 0) is 4.74 Å². The van der Waals surface area contributed by atoms with Crippen LogP contribution in [0.4, 0.5) is 0 Å². The van der Waals surface area contributed by atoms with Crippen LogP contribution in [0.25, 0.3) is 0 Å². The van der Waals surface area contributed by atoms with E-state index in [-0.39, 0.29) is 12.7 Å². The van der Waals surface area contributed by atoms with Gasteiger partial charge in [0.05, 0.1) is 18.8 Å². The largest absolute Gasteiger partial charge is 0.393 e. The predicted octanol–water partition coefficient (Wildman–Crippen LogP) is 1.26. The molecule has 1 aliphatic rings. The van der Waals surface area contributed by atoms with Crippen molar-refractivity contribution < 1.29 is 14.9 Å². The molecule has 82 valence electrons. The molecule has 15 heavy (non-hydrogen) atoms. The fraction of sp³-hybridized carbons (Fsp3) is 0.500. The first kappa shape index (κ1) is 10.6. The van der Waals surface area contributed by atoms with E-state index in [0.29, 0.717) is 6.42 Å². The van der Waals surface area contributed by atoms with Crippen LogP contribution in [0.3, 0.4) is 0 Å². The highest BCUT2D eigenvalue weighted by molar-refractivity contribution is 5.19. The third kappa shape index (κ3) is 1.91. The molecule has 2 rings (SSSR count). The normalized spacial score (nSPS) is 35.7. The summed E-state index contributed by atoms with van der Waals surface area (Å²) in [4.78, 5) is 0. The summed E-state index contributed by atoms with van der Waals surface area (Å²) < 4.78 is 5.70. The molecule has 1 aromatic carbocycles. The summed E-state index contributed by atoms with van der Waals surface area (Å²) in [6.45, 7) is 1.58. The van der Waals surface area contributed by atoms with Crippen molar-refractivity contribution in [1.29, 1.82) is 0 Å². The van der Waals surface area contributed by atoms with Crippen LogP contribution in [0, 0.1) is 0 Å². The Morgan fingerprint density at radius 1 is 1.40 bits per heavy atom. The SMILES string of the molecule is C[C@]1(CO)O[C@@H](c2ccccc2)C[C@H]1O. The van der Waals surface area contributed by atoms with Gasteiger partial charge in [-0.15, -0.1) is 0 Å². The minimum atomic E-state index is -0.819. The molecule has 0 unspecified atom stereocenters. The number of benzene rings is 1. The maximum Gasteiger partial charge on any atom is 0.115 e. The minimum absolute atomic E-state index is 0.113. The van der Waals surface area contributed by atoms with Crippen LogP contribution in [0.2, 0.25) is 0 Å². The number of aliphatic hydroxyl groups excluding tert-OH is 2. The Hall–Kier alpha value is -0.900. The average Bonchev–Trinajstić information content (AvgIpc) is 2.58. The molecule has 1 heterocycles. The lowest BCUT2D eigenvalue weighted by Gasteiger charge is -2.24. The highest BCUT2D eigenvalue weighted by Crippen LogP contribution is 2.39. The standard InChI is InChI=1S/C12H16O3/c1-12(8-13)11(14)7-10(15-12)9-5-3-2-4-6-9/h2-6,10-11,13-14H,7-8H2,1H3/t10-,11-,12-/m1/s1. The van der Waals surface area contributed by atoms with Gasteiger partial charge < -0.3 is 14.9 Å². The highest BCUT2D eigenvalue weighted by Gasteiger charge is 2.44.